The monoisotopic (exact) mass is 191 g/mol. The van der Waals surface area contributed by atoms with Gasteiger partial charge in [-0.15, -0.1) is 6.42 Å². The molecule has 1 aromatic rings. The molecule has 0 spiro atoms. The highest BCUT2D eigenvalue weighted by molar-refractivity contribution is 5.92. The number of aromatic nitrogens is 2. The smallest absolute Gasteiger partial charge is 0.272 e. The molecule has 0 aliphatic rings. The van der Waals surface area contributed by atoms with Crippen LogP contribution in [0, 0.1) is 12.3 Å². The van der Waals surface area contributed by atoms with E-state index in [0.29, 0.717) is 5.69 Å². The van der Waals surface area contributed by atoms with E-state index in [-0.39, 0.29) is 5.91 Å². The fourth-order valence-electron chi connectivity index (χ4n) is 0.920. The second kappa shape index (κ2) is 3.54. The minimum Gasteiger partial charge on any atom is -0.335 e. The molecule has 1 heterocycles. The Morgan fingerprint density at radius 1 is 1.71 bits per heavy atom. The van der Waals surface area contributed by atoms with Crippen molar-refractivity contribution in [2.45, 2.75) is 19.4 Å². The van der Waals surface area contributed by atoms with Gasteiger partial charge in [-0.05, 0) is 19.9 Å². The number of terminal acetylenes is 1. The standard InChI is InChI=1S/C10H13N3O/c1-5-10(2,3)11-9(14)8-6-7-13(4)12-8/h1,6-7H,2-4H3,(H,11,14). The molecule has 1 rings (SSSR count). The Kier molecular flexibility index (Phi) is 2.61. The lowest BCUT2D eigenvalue weighted by atomic mass is 10.1. The van der Waals surface area contributed by atoms with E-state index in [0.717, 1.165) is 0 Å². The van der Waals surface area contributed by atoms with Crippen molar-refractivity contribution in [3.8, 4) is 12.3 Å². The van der Waals surface area contributed by atoms with E-state index in [1.54, 1.807) is 37.8 Å². The van der Waals surface area contributed by atoms with Crippen molar-refractivity contribution in [1.82, 2.24) is 15.1 Å². The van der Waals surface area contributed by atoms with Crippen LogP contribution in [0.5, 0.6) is 0 Å². The number of nitrogens with one attached hydrogen (secondary N) is 1. The molecular formula is C10H13N3O. The molecule has 0 saturated carbocycles. The maximum atomic E-state index is 11.6. The molecule has 1 aromatic heterocycles. The lowest BCUT2D eigenvalue weighted by Crippen LogP contribution is -2.42. The molecule has 4 nitrogen and oxygen atoms in total. The Morgan fingerprint density at radius 2 is 2.36 bits per heavy atom. The summed E-state index contributed by atoms with van der Waals surface area (Å²) in [4.78, 5) is 11.6. The maximum absolute atomic E-state index is 11.6. The molecule has 0 atom stereocenters. The van der Waals surface area contributed by atoms with Gasteiger partial charge in [0.2, 0.25) is 0 Å². The highest BCUT2D eigenvalue weighted by atomic mass is 16.2. The number of amides is 1. The van der Waals surface area contributed by atoms with Gasteiger partial charge >= 0.3 is 0 Å². The molecule has 0 radical (unpaired) electrons. The Labute approximate surface area is 83.3 Å². The van der Waals surface area contributed by atoms with Crippen LogP contribution < -0.4 is 5.32 Å². The highest BCUT2D eigenvalue weighted by Gasteiger charge is 2.19. The van der Waals surface area contributed by atoms with Crippen LogP contribution >= 0.6 is 0 Å². The molecule has 0 fully saturated rings. The third kappa shape index (κ3) is 2.36. The predicted octanol–water partition coefficient (Wildman–Crippen LogP) is 0.562. The van der Waals surface area contributed by atoms with Crippen molar-refractivity contribution >= 4 is 5.91 Å². The van der Waals surface area contributed by atoms with Crippen LogP contribution in [0.3, 0.4) is 0 Å². The average molecular weight is 191 g/mol. The number of hydrogen-bond acceptors (Lipinski definition) is 2. The van der Waals surface area contributed by atoms with Crippen LogP contribution in [0.15, 0.2) is 12.3 Å². The van der Waals surface area contributed by atoms with Crippen molar-refractivity contribution in [2.75, 3.05) is 0 Å². The Balaban J connectivity index is 2.74. The van der Waals surface area contributed by atoms with Crippen molar-refractivity contribution in [3.63, 3.8) is 0 Å². The first-order valence-corrected chi connectivity index (χ1v) is 4.24. The van der Waals surface area contributed by atoms with E-state index < -0.39 is 5.54 Å². The van der Waals surface area contributed by atoms with Gasteiger partial charge in [0.15, 0.2) is 0 Å². The van der Waals surface area contributed by atoms with Crippen LogP contribution in [0.2, 0.25) is 0 Å². The Morgan fingerprint density at radius 3 is 2.79 bits per heavy atom. The van der Waals surface area contributed by atoms with Crippen molar-refractivity contribution in [1.29, 1.82) is 0 Å². The lowest BCUT2D eigenvalue weighted by Gasteiger charge is -2.18. The van der Waals surface area contributed by atoms with Gasteiger partial charge in [-0.25, -0.2) is 0 Å². The maximum Gasteiger partial charge on any atom is 0.272 e. The molecule has 74 valence electrons. The first kappa shape index (κ1) is 10.3. The summed E-state index contributed by atoms with van der Waals surface area (Å²) < 4.78 is 1.57. The first-order valence-electron chi connectivity index (χ1n) is 4.24. The average Bonchev–Trinajstić information content (AvgIpc) is 2.51. The van der Waals surface area contributed by atoms with Gasteiger partial charge in [0.05, 0.1) is 5.54 Å². The van der Waals surface area contributed by atoms with Gasteiger partial charge in [-0.1, -0.05) is 5.92 Å². The summed E-state index contributed by atoms with van der Waals surface area (Å²) in [5.74, 6) is 2.23. The number of carbonyl (C=O) groups excluding carboxylic acids is 1. The van der Waals surface area contributed by atoms with Crippen LogP contribution in [0.1, 0.15) is 24.3 Å². The van der Waals surface area contributed by atoms with Gasteiger partial charge in [0, 0.05) is 13.2 Å². The van der Waals surface area contributed by atoms with Crippen LogP contribution in [-0.2, 0) is 7.05 Å². The molecule has 0 bridgehead atoms. The number of nitrogens with zero attached hydrogens (tertiary/aromatic N) is 2. The zero-order chi connectivity index (χ0) is 10.8. The number of aryl methyl sites for hydroxylation is 1. The summed E-state index contributed by atoms with van der Waals surface area (Å²) in [6.45, 7) is 3.52. The molecule has 14 heavy (non-hydrogen) atoms. The second-order valence-electron chi connectivity index (χ2n) is 3.60. The normalized spacial score (nSPS) is 10.7. The minimum absolute atomic E-state index is 0.256. The van der Waals surface area contributed by atoms with Crippen molar-refractivity contribution in [3.05, 3.63) is 18.0 Å². The quantitative estimate of drug-likeness (QED) is 0.694. The van der Waals surface area contributed by atoms with Crippen molar-refractivity contribution in [2.24, 2.45) is 7.05 Å². The largest absolute Gasteiger partial charge is 0.335 e. The topological polar surface area (TPSA) is 46.9 Å². The number of hydrogen-bond donors (Lipinski definition) is 1. The van der Waals surface area contributed by atoms with E-state index in [4.69, 9.17) is 6.42 Å². The molecular weight excluding hydrogens is 178 g/mol. The fourth-order valence-corrected chi connectivity index (χ4v) is 0.920. The van der Waals surface area contributed by atoms with Gasteiger partial charge in [-0.2, -0.15) is 5.10 Å². The van der Waals surface area contributed by atoms with Gasteiger partial charge < -0.3 is 5.32 Å². The summed E-state index contributed by atoms with van der Waals surface area (Å²) in [6.07, 6.45) is 6.95. The van der Waals surface area contributed by atoms with Gasteiger partial charge in [0.25, 0.3) is 5.91 Å². The Bertz CT molecular complexity index is 384. The van der Waals surface area contributed by atoms with Crippen LogP contribution in [0.4, 0.5) is 0 Å². The Hall–Kier alpha value is -1.76. The molecule has 0 unspecified atom stereocenters. The fraction of sp³-hybridized carbons (Fsp3) is 0.400. The lowest BCUT2D eigenvalue weighted by molar-refractivity contribution is 0.0924. The van der Waals surface area contributed by atoms with E-state index >= 15 is 0 Å². The zero-order valence-electron chi connectivity index (χ0n) is 8.53. The summed E-state index contributed by atoms with van der Waals surface area (Å²) >= 11 is 0. The SMILES string of the molecule is C#CC(C)(C)NC(=O)c1ccn(C)n1. The predicted molar refractivity (Wildman–Crippen MR) is 53.6 cm³/mol. The van der Waals surface area contributed by atoms with Gasteiger partial charge in [0.1, 0.15) is 5.69 Å². The summed E-state index contributed by atoms with van der Waals surface area (Å²) in [5, 5.41) is 6.65. The molecule has 4 heteroatoms. The third-order valence-electron chi connectivity index (χ3n) is 1.73. The van der Waals surface area contributed by atoms with E-state index in [1.807, 2.05) is 0 Å². The minimum atomic E-state index is -0.644. The van der Waals surface area contributed by atoms with Gasteiger partial charge in [-0.3, -0.25) is 9.48 Å². The molecule has 0 aliphatic carbocycles. The number of rotatable bonds is 2. The summed E-state index contributed by atoms with van der Waals surface area (Å²) in [7, 11) is 1.75. The molecule has 1 amide bonds. The molecule has 0 saturated heterocycles. The second-order valence-corrected chi connectivity index (χ2v) is 3.60. The van der Waals surface area contributed by atoms with E-state index in [1.165, 1.54) is 0 Å². The zero-order valence-corrected chi connectivity index (χ0v) is 8.53. The number of carbonyl (C=O) groups is 1. The van der Waals surface area contributed by atoms with Crippen LogP contribution in [-0.4, -0.2) is 21.2 Å². The van der Waals surface area contributed by atoms with E-state index in [9.17, 15) is 4.79 Å². The molecule has 0 aliphatic heterocycles. The first-order chi connectivity index (χ1) is 6.44. The molecule has 1 N–H and O–H groups in total. The summed E-state index contributed by atoms with van der Waals surface area (Å²) in [6, 6.07) is 1.64. The van der Waals surface area contributed by atoms with E-state index in [2.05, 4.69) is 16.3 Å². The van der Waals surface area contributed by atoms with Crippen LogP contribution in [0.25, 0.3) is 0 Å². The molecule has 0 aromatic carbocycles. The highest BCUT2D eigenvalue weighted by Crippen LogP contribution is 2.02. The third-order valence-corrected chi connectivity index (χ3v) is 1.73. The summed E-state index contributed by atoms with van der Waals surface area (Å²) in [5.41, 5.74) is -0.273. The van der Waals surface area contributed by atoms with Crippen molar-refractivity contribution < 1.29 is 4.79 Å².